The van der Waals surface area contributed by atoms with E-state index in [-0.39, 0.29) is 26.2 Å². The van der Waals surface area contributed by atoms with Crippen LogP contribution >= 0.6 is 7.92 Å². The Balaban J connectivity index is -0.000000158. The van der Waals surface area contributed by atoms with Crippen molar-refractivity contribution in [1.29, 1.82) is 0 Å². The normalized spacial score (nSPS) is 16.4. The third-order valence-electron chi connectivity index (χ3n) is 1.11. The zero-order valence-electron chi connectivity index (χ0n) is 10.6. The molecule has 0 aromatic rings. The summed E-state index contributed by atoms with van der Waals surface area (Å²) in [7, 11) is 0.380. The van der Waals surface area contributed by atoms with Crippen molar-refractivity contribution in [2.45, 2.75) is 0 Å². The molecule has 2 aliphatic carbocycles. The minimum Gasteiger partial charge on any atom is -0.0312 e. The number of hydrogen-bond donors (Lipinski definition) is 0. The number of hydrogen-bond acceptors (Lipinski definition) is 0. The van der Waals surface area contributed by atoms with Gasteiger partial charge in [0.25, 0.3) is 0 Å². The first-order chi connectivity index (χ1) is 7.73. The van der Waals surface area contributed by atoms with Gasteiger partial charge in [-0.15, -0.1) is 7.92 Å². The van der Waals surface area contributed by atoms with Crippen LogP contribution in [-0.4, -0.2) is 20.0 Å². The Hall–Kier alpha value is 1.05. The molecule has 17 heavy (non-hydrogen) atoms. The zero-order chi connectivity index (χ0) is 12.6. The largest absolute Gasteiger partial charge is 0.0312 e. The van der Waals surface area contributed by atoms with Gasteiger partial charge < -0.3 is 0 Å². The Morgan fingerprint density at radius 1 is 0.588 bits per heavy atom. The molecule has 0 bridgehead atoms. The molecule has 0 aromatic heterocycles. The summed E-state index contributed by atoms with van der Waals surface area (Å²) in [5, 5.41) is 0. The average molecular weight is 326 g/mol. The summed E-state index contributed by atoms with van der Waals surface area (Å²) in [6.07, 6.45) is 20.0. The van der Waals surface area contributed by atoms with Gasteiger partial charge in [0.1, 0.15) is 0 Å². The molecule has 90 valence electrons. The monoisotopic (exact) mass is 324 g/mol. The van der Waals surface area contributed by atoms with Crippen LogP contribution in [0.2, 0.25) is 0 Å². The topological polar surface area (TPSA) is 19.9 Å². The molecule has 2 saturated carbocycles. The molecule has 0 aromatic carbocycles. The third-order valence-corrected chi connectivity index (χ3v) is 1.11. The van der Waals surface area contributed by atoms with Gasteiger partial charge in [-0.05, 0) is 84.2 Å². The molecule has 1 nitrogen and oxygen atoms in total. The first kappa shape index (κ1) is 23.2. The third kappa shape index (κ3) is 31.6. The van der Waals surface area contributed by atoms with E-state index in [1.54, 1.807) is 0 Å². The van der Waals surface area contributed by atoms with Gasteiger partial charge in [0.15, 0.2) is 0 Å². The Morgan fingerprint density at radius 2 is 0.647 bits per heavy atom. The molecular formula is C14H19OPZr. The summed E-state index contributed by atoms with van der Waals surface area (Å²) < 4.78 is 7.50. The van der Waals surface area contributed by atoms with E-state index in [2.05, 4.69) is 26.6 Å². The molecule has 0 heterocycles. The fourth-order valence-electron chi connectivity index (χ4n) is 0.642. The molecule has 0 N–H and O–H groups in total. The molecule has 0 saturated heterocycles. The fraction of sp³-hybridized carbons (Fsp3) is 0.214. The van der Waals surface area contributed by atoms with E-state index in [1.807, 2.05) is 64.2 Å². The minimum atomic E-state index is 0. The Bertz CT molecular complexity index is 101. The van der Waals surface area contributed by atoms with Gasteiger partial charge in [-0.25, -0.2) is 0 Å². The molecule has 2 rings (SSSR count). The van der Waals surface area contributed by atoms with Crippen LogP contribution in [0.5, 0.6) is 0 Å². The van der Waals surface area contributed by atoms with Gasteiger partial charge >= 0.3 is 11.3 Å². The molecular weight excluding hydrogens is 306 g/mol. The van der Waals surface area contributed by atoms with E-state index in [0.717, 1.165) is 0 Å². The van der Waals surface area contributed by atoms with Crippen LogP contribution in [0, 0.1) is 70.9 Å². The van der Waals surface area contributed by atoms with Crippen molar-refractivity contribution >= 4 is 7.92 Å². The van der Waals surface area contributed by atoms with Crippen molar-refractivity contribution in [2.24, 2.45) is 0 Å². The van der Waals surface area contributed by atoms with Crippen molar-refractivity contribution in [3.63, 3.8) is 0 Å². The Labute approximate surface area is 129 Å². The molecule has 0 spiro atoms. The van der Waals surface area contributed by atoms with Crippen LogP contribution in [0.25, 0.3) is 0 Å². The predicted molar refractivity (Wildman–Crippen MR) is 71.6 cm³/mol. The minimum absolute atomic E-state index is 0. The summed E-state index contributed by atoms with van der Waals surface area (Å²) in [5.74, 6) is 0. The molecule has 2 aliphatic rings. The summed E-state index contributed by atoms with van der Waals surface area (Å²) >= 11 is 0. The van der Waals surface area contributed by atoms with Gasteiger partial charge in [0.05, 0.1) is 0 Å². The first-order valence-electron chi connectivity index (χ1n) is 4.88. The molecule has 0 atom stereocenters. The van der Waals surface area contributed by atoms with E-state index in [4.69, 9.17) is 4.65 Å². The molecule has 0 amide bonds. The summed E-state index contributed by atoms with van der Waals surface area (Å²) in [6.45, 7) is 11.2. The standard InChI is InChI=1S/2C5H5.C3H9P.CO.Zr/c2*1-2-4-5-3-1;1-4(2)3;1-2;/h2*1-5H;1-3H3;;. The molecule has 0 aliphatic heterocycles. The maximum atomic E-state index is 7.50. The van der Waals surface area contributed by atoms with Crippen molar-refractivity contribution < 1.29 is 30.9 Å². The first-order valence-corrected chi connectivity index (χ1v) is 7.56. The van der Waals surface area contributed by atoms with Gasteiger partial charge in [-0.2, -0.15) is 0 Å². The van der Waals surface area contributed by atoms with Crippen LogP contribution in [0.15, 0.2) is 0 Å². The summed E-state index contributed by atoms with van der Waals surface area (Å²) in [4.78, 5) is 0. The van der Waals surface area contributed by atoms with Crippen molar-refractivity contribution in [3.05, 3.63) is 70.9 Å². The van der Waals surface area contributed by atoms with Crippen LogP contribution < -0.4 is 0 Å². The fourth-order valence-corrected chi connectivity index (χ4v) is 0.642. The quantitative estimate of drug-likeness (QED) is 0.370. The van der Waals surface area contributed by atoms with E-state index in [1.165, 1.54) is 0 Å². The van der Waals surface area contributed by atoms with Gasteiger partial charge in [-0.3, -0.25) is 0 Å². The zero-order valence-corrected chi connectivity index (χ0v) is 14.0. The summed E-state index contributed by atoms with van der Waals surface area (Å²) in [5.41, 5.74) is 0. The van der Waals surface area contributed by atoms with Crippen molar-refractivity contribution in [3.8, 4) is 0 Å². The second-order valence-corrected chi connectivity index (χ2v) is 5.95. The van der Waals surface area contributed by atoms with Crippen LogP contribution in [0.3, 0.4) is 0 Å². The second kappa shape index (κ2) is 22.3. The van der Waals surface area contributed by atoms with E-state index in [0.29, 0.717) is 7.92 Å². The van der Waals surface area contributed by atoms with Crippen molar-refractivity contribution in [1.82, 2.24) is 0 Å². The molecule has 0 unspecified atom stereocenters. The van der Waals surface area contributed by atoms with Crippen LogP contribution in [0.1, 0.15) is 0 Å². The Morgan fingerprint density at radius 3 is 0.706 bits per heavy atom. The van der Waals surface area contributed by atoms with Crippen LogP contribution in [-0.2, 0) is 30.9 Å². The number of rotatable bonds is 0. The molecule has 3 heteroatoms. The van der Waals surface area contributed by atoms with E-state index in [9.17, 15) is 0 Å². The smallest absolute Gasteiger partial charge is 0 e. The van der Waals surface area contributed by atoms with E-state index < -0.39 is 0 Å². The van der Waals surface area contributed by atoms with Crippen molar-refractivity contribution in [2.75, 3.05) is 20.0 Å². The average Bonchev–Trinajstić information content (AvgIpc) is 2.99. The SMILES string of the molecule is CP(C)C.[C-]#[O+].[CH]1[CH][CH][CH][CH]1.[CH]1[CH][CH][CH][CH]1.[Zr]. The van der Waals surface area contributed by atoms with Gasteiger partial charge in [0.2, 0.25) is 0 Å². The maximum absolute atomic E-state index is 7.50. The second-order valence-electron chi connectivity index (χ2n) is 3.27. The molecule has 10 radical (unpaired) electrons. The van der Waals surface area contributed by atoms with Crippen LogP contribution in [0.4, 0.5) is 0 Å². The van der Waals surface area contributed by atoms with Gasteiger partial charge in [-0.1, -0.05) is 0 Å². The predicted octanol–water partition coefficient (Wildman–Crippen LogP) is 3.36. The van der Waals surface area contributed by atoms with E-state index >= 15 is 0 Å². The maximum Gasteiger partial charge on any atom is 0 e. The van der Waals surface area contributed by atoms with Gasteiger partial charge in [0, 0.05) is 26.2 Å². The summed E-state index contributed by atoms with van der Waals surface area (Å²) in [6, 6.07) is 0. The molecule has 2 fully saturated rings. The Kier molecular flexibility index (Phi) is 30.3.